The molecule has 0 heterocycles. The van der Waals surface area contributed by atoms with Gasteiger partial charge in [-0.3, -0.25) is 4.79 Å². The Labute approximate surface area is 143 Å². The third-order valence-electron chi connectivity index (χ3n) is 3.84. The number of amides is 1. The summed E-state index contributed by atoms with van der Waals surface area (Å²) < 4.78 is 11.2. The van der Waals surface area contributed by atoms with Crippen LogP contribution in [0.3, 0.4) is 0 Å². The van der Waals surface area contributed by atoms with Gasteiger partial charge in [-0.15, -0.1) is 0 Å². The molecule has 0 radical (unpaired) electrons. The van der Waals surface area contributed by atoms with E-state index in [4.69, 9.17) is 9.47 Å². The van der Waals surface area contributed by atoms with Crippen molar-refractivity contribution in [1.29, 1.82) is 0 Å². The fourth-order valence-electron chi connectivity index (χ4n) is 2.52. The number of para-hydroxylation sites is 3. The molecule has 0 spiro atoms. The van der Waals surface area contributed by atoms with Gasteiger partial charge < -0.3 is 14.8 Å². The predicted octanol–water partition coefficient (Wildman–Crippen LogP) is 4.61. The molecule has 0 saturated carbocycles. The maximum atomic E-state index is 12.6. The van der Waals surface area contributed by atoms with Crippen LogP contribution in [-0.2, 0) is 4.79 Å². The van der Waals surface area contributed by atoms with E-state index in [9.17, 15) is 4.79 Å². The average molecular weight is 327 g/mol. The van der Waals surface area contributed by atoms with Crippen molar-refractivity contribution in [2.24, 2.45) is 0 Å². The fraction of sp³-hybridized carbons (Fsp3) is 0.350. The topological polar surface area (TPSA) is 47.6 Å². The minimum Gasteiger partial charge on any atom is -0.493 e. The molecule has 0 unspecified atom stereocenters. The summed E-state index contributed by atoms with van der Waals surface area (Å²) in [4.78, 5) is 12.6. The van der Waals surface area contributed by atoms with Crippen LogP contribution in [0.15, 0.2) is 48.5 Å². The van der Waals surface area contributed by atoms with Crippen molar-refractivity contribution in [3.8, 4) is 11.5 Å². The molecule has 0 aromatic heterocycles. The maximum Gasteiger partial charge on any atom is 0.265 e. The SMILES string of the molecule is CC[C@H](Oc1ccccc1OC)C(=O)Nc1ccccc1C(C)C. The Morgan fingerprint density at radius 2 is 1.67 bits per heavy atom. The van der Waals surface area contributed by atoms with Gasteiger partial charge in [0.25, 0.3) is 5.91 Å². The molecule has 0 saturated heterocycles. The number of methoxy groups -OCH3 is 1. The first-order chi connectivity index (χ1) is 11.6. The highest BCUT2D eigenvalue weighted by molar-refractivity contribution is 5.95. The van der Waals surface area contributed by atoms with E-state index in [-0.39, 0.29) is 5.91 Å². The Bertz CT molecular complexity index is 682. The van der Waals surface area contributed by atoms with E-state index in [0.29, 0.717) is 23.8 Å². The van der Waals surface area contributed by atoms with E-state index in [0.717, 1.165) is 11.3 Å². The van der Waals surface area contributed by atoms with Crippen molar-refractivity contribution < 1.29 is 14.3 Å². The van der Waals surface area contributed by atoms with Gasteiger partial charge in [0.2, 0.25) is 0 Å². The number of carbonyl (C=O) groups excluding carboxylic acids is 1. The smallest absolute Gasteiger partial charge is 0.265 e. The highest BCUT2D eigenvalue weighted by atomic mass is 16.5. The molecule has 1 N–H and O–H groups in total. The zero-order chi connectivity index (χ0) is 17.5. The van der Waals surface area contributed by atoms with E-state index >= 15 is 0 Å². The molecular weight excluding hydrogens is 302 g/mol. The fourth-order valence-corrected chi connectivity index (χ4v) is 2.52. The lowest BCUT2D eigenvalue weighted by atomic mass is 10.0. The Morgan fingerprint density at radius 1 is 1.04 bits per heavy atom. The first-order valence-corrected chi connectivity index (χ1v) is 8.26. The van der Waals surface area contributed by atoms with Gasteiger partial charge in [-0.2, -0.15) is 0 Å². The van der Waals surface area contributed by atoms with Crippen molar-refractivity contribution in [2.75, 3.05) is 12.4 Å². The highest BCUT2D eigenvalue weighted by Crippen LogP contribution is 2.28. The second kappa shape index (κ2) is 8.39. The van der Waals surface area contributed by atoms with E-state index in [1.165, 1.54) is 0 Å². The Morgan fingerprint density at radius 3 is 2.29 bits per heavy atom. The lowest BCUT2D eigenvalue weighted by Gasteiger charge is -2.20. The average Bonchev–Trinajstić information content (AvgIpc) is 2.60. The van der Waals surface area contributed by atoms with Gasteiger partial charge >= 0.3 is 0 Å². The summed E-state index contributed by atoms with van der Waals surface area (Å²) in [6.45, 7) is 6.13. The number of hydrogen-bond donors (Lipinski definition) is 1. The molecule has 0 bridgehead atoms. The lowest BCUT2D eigenvalue weighted by molar-refractivity contribution is -0.122. The van der Waals surface area contributed by atoms with Crippen LogP contribution >= 0.6 is 0 Å². The van der Waals surface area contributed by atoms with Gasteiger partial charge in [0.05, 0.1) is 7.11 Å². The zero-order valence-corrected chi connectivity index (χ0v) is 14.7. The third-order valence-corrected chi connectivity index (χ3v) is 3.84. The molecule has 4 heteroatoms. The van der Waals surface area contributed by atoms with E-state index in [1.807, 2.05) is 49.4 Å². The number of rotatable bonds is 7. The van der Waals surface area contributed by atoms with Crippen LogP contribution in [0.25, 0.3) is 0 Å². The molecule has 4 nitrogen and oxygen atoms in total. The lowest BCUT2D eigenvalue weighted by Crippen LogP contribution is -2.32. The molecule has 24 heavy (non-hydrogen) atoms. The van der Waals surface area contributed by atoms with Crippen molar-refractivity contribution in [3.05, 3.63) is 54.1 Å². The second-order valence-corrected chi connectivity index (χ2v) is 5.90. The molecule has 0 aliphatic heterocycles. The normalized spacial score (nSPS) is 11.9. The van der Waals surface area contributed by atoms with Crippen LogP contribution in [-0.4, -0.2) is 19.1 Å². The molecule has 128 valence electrons. The first kappa shape index (κ1) is 17.9. The summed E-state index contributed by atoms with van der Waals surface area (Å²) >= 11 is 0. The summed E-state index contributed by atoms with van der Waals surface area (Å²) in [6.07, 6.45) is -0.0187. The summed E-state index contributed by atoms with van der Waals surface area (Å²) in [5.41, 5.74) is 1.94. The van der Waals surface area contributed by atoms with E-state index in [1.54, 1.807) is 13.2 Å². The Hall–Kier alpha value is -2.49. The van der Waals surface area contributed by atoms with Crippen LogP contribution < -0.4 is 14.8 Å². The van der Waals surface area contributed by atoms with E-state index < -0.39 is 6.10 Å². The maximum absolute atomic E-state index is 12.6. The molecule has 0 aliphatic rings. The largest absolute Gasteiger partial charge is 0.493 e. The van der Waals surface area contributed by atoms with Gasteiger partial charge in [0.15, 0.2) is 17.6 Å². The molecule has 1 atom stereocenters. The Kier molecular flexibility index (Phi) is 6.24. The molecule has 2 aromatic rings. The van der Waals surface area contributed by atoms with Crippen molar-refractivity contribution in [1.82, 2.24) is 0 Å². The Balaban J connectivity index is 2.15. The summed E-state index contributed by atoms with van der Waals surface area (Å²) in [5, 5.41) is 3.00. The molecule has 2 aromatic carbocycles. The van der Waals surface area contributed by atoms with Gasteiger partial charge in [-0.25, -0.2) is 0 Å². The highest BCUT2D eigenvalue weighted by Gasteiger charge is 2.21. The van der Waals surface area contributed by atoms with Gasteiger partial charge in [0.1, 0.15) is 0 Å². The molecule has 2 rings (SSSR count). The van der Waals surface area contributed by atoms with Crippen molar-refractivity contribution in [2.45, 2.75) is 39.2 Å². The van der Waals surface area contributed by atoms with Gasteiger partial charge in [-0.05, 0) is 36.1 Å². The number of nitrogens with one attached hydrogen (secondary N) is 1. The number of anilines is 1. The van der Waals surface area contributed by atoms with Crippen molar-refractivity contribution >= 4 is 11.6 Å². The monoisotopic (exact) mass is 327 g/mol. The minimum atomic E-state index is -0.582. The second-order valence-electron chi connectivity index (χ2n) is 5.90. The standard InChI is InChI=1S/C20H25NO3/c1-5-17(24-19-13-9-8-12-18(19)23-4)20(22)21-16-11-7-6-10-15(16)14(2)3/h6-14,17H,5H2,1-4H3,(H,21,22)/t17-/m0/s1. The number of ether oxygens (including phenoxy) is 2. The van der Waals surface area contributed by atoms with Crippen LogP contribution in [0.2, 0.25) is 0 Å². The third kappa shape index (κ3) is 4.28. The van der Waals surface area contributed by atoms with Gasteiger partial charge in [0, 0.05) is 5.69 Å². The first-order valence-electron chi connectivity index (χ1n) is 8.26. The molecule has 0 aliphatic carbocycles. The van der Waals surface area contributed by atoms with Crippen LogP contribution in [0, 0.1) is 0 Å². The molecule has 1 amide bonds. The number of hydrogen-bond acceptors (Lipinski definition) is 3. The zero-order valence-electron chi connectivity index (χ0n) is 14.7. The van der Waals surface area contributed by atoms with Crippen LogP contribution in [0.5, 0.6) is 11.5 Å². The summed E-state index contributed by atoms with van der Waals surface area (Å²) in [7, 11) is 1.59. The van der Waals surface area contributed by atoms with Crippen LogP contribution in [0.4, 0.5) is 5.69 Å². The molecule has 0 fully saturated rings. The van der Waals surface area contributed by atoms with Gasteiger partial charge in [-0.1, -0.05) is 51.1 Å². The predicted molar refractivity (Wildman–Crippen MR) is 96.9 cm³/mol. The van der Waals surface area contributed by atoms with Crippen LogP contribution in [0.1, 0.15) is 38.7 Å². The van der Waals surface area contributed by atoms with E-state index in [2.05, 4.69) is 19.2 Å². The van der Waals surface area contributed by atoms with Crippen molar-refractivity contribution in [3.63, 3.8) is 0 Å². The summed E-state index contributed by atoms with van der Waals surface area (Å²) in [6, 6.07) is 15.2. The quantitative estimate of drug-likeness (QED) is 0.807. The molecular formula is C20H25NO3. The number of benzene rings is 2. The minimum absolute atomic E-state index is 0.156. The number of carbonyl (C=O) groups is 1. The summed E-state index contributed by atoms with van der Waals surface area (Å²) in [5.74, 6) is 1.36.